The first kappa shape index (κ1) is 16.0. The lowest BCUT2D eigenvalue weighted by Gasteiger charge is -2.31. The van der Waals surface area contributed by atoms with Gasteiger partial charge < -0.3 is 21.5 Å². The molecule has 0 aliphatic carbocycles. The Labute approximate surface area is 139 Å². The summed E-state index contributed by atoms with van der Waals surface area (Å²) in [6.45, 7) is 5.93. The number of aromatic nitrogens is 1. The zero-order valence-electron chi connectivity index (χ0n) is 13.4. The van der Waals surface area contributed by atoms with Crippen LogP contribution in [0.5, 0.6) is 0 Å². The van der Waals surface area contributed by atoms with E-state index >= 15 is 0 Å². The number of nitrogen functional groups attached to an aromatic ring is 1. The van der Waals surface area contributed by atoms with Crippen LogP contribution in [0.4, 0.5) is 11.5 Å². The molecule has 7 heteroatoms. The van der Waals surface area contributed by atoms with Crippen molar-refractivity contribution in [2.24, 2.45) is 5.73 Å². The van der Waals surface area contributed by atoms with E-state index in [1.165, 1.54) is 0 Å². The molecule has 1 aliphatic heterocycles. The van der Waals surface area contributed by atoms with Gasteiger partial charge in [-0.3, -0.25) is 0 Å². The van der Waals surface area contributed by atoms with E-state index in [2.05, 4.69) is 24.8 Å². The minimum Gasteiger partial charge on any atom is -0.477 e. The number of carbonyl (C=O) groups is 1. The molecule has 0 atom stereocenters. The summed E-state index contributed by atoms with van der Waals surface area (Å²) in [5, 5.41) is 10.1. The van der Waals surface area contributed by atoms with Crippen LogP contribution in [-0.4, -0.2) is 35.2 Å². The number of nitrogens with two attached hydrogens (primary N) is 2. The smallest absolute Gasteiger partial charge is 0.348 e. The molecule has 2 aromatic heterocycles. The third kappa shape index (κ3) is 2.86. The van der Waals surface area contributed by atoms with E-state index in [-0.39, 0.29) is 16.8 Å². The summed E-state index contributed by atoms with van der Waals surface area (Å²) in [6, 6.07) is 2.31. The van der Waals surface area contributed by atoms with Crippen LogP contribution in [-0.2, 0) is 0 Å². The number of carboxylic acid groups (broad SMARTS) is 1. The van der Waals surface area contributed by atoms with Crippen molar-refractivity contribution >= 4 is 39.0 Å². The number of nitrogens with zero attached hydrogens (tertiary/aromatic N) is 2. The minimum atomic E-state index is -0.995. The molecular weight excluding hydrogens is 312 g/mol. The van der Waals surface area contributed by atoms with Gasteiger partial charge in [0, 0.05) is 24.5 Å². The molecule has 0 radical (unpaired) electrons. The topological polar surface area (TPSA) is 105 Å². The van der Waals surface area contributed by atoms with Crippen LogP contribution in [0.15, 0.2) is 6.07 Å². The Morgan fingerprint density at radius 2 is 2.09 bits per heavy atom. The molecule has 0 spiro atoms. The summed E-state index contributed by atoms with van der Waals surface area (Å²) in [6.07, 6.45) is 1.90. The van der Waals surface area contributed by atoms with Crippen LogP contribution in [0, 0.1) is 0 Å². The second-order valence-electron chi connectivity index (χ2n) is 6.38. The molecule has 0 aromatic carbocycles. The summed E-state index contributed by atoms with van der Waals surface area (Å²) in [5.41, 5.74) is 13.4. The van der Waals surface area contributed by atoms with Crippen LogP contribution in [0.3, 0.4) is 0 Å². The average molecular weight is 334 g/mol. The first-order chi connectivity index (χ1) is 10.9. The van der Waals surface area contributed by atoms with Gasteiger partial charge in [-0.1, -0.05) is 13.8 Å². The first-order valence-electron chi connectivity index (χ1n) is 7.85. The van der Waals surface area contributed by atoms with Gasteiger partial charge in [-0.05, 0) is 30.4 Å². The lowest BCUT2D eigenvalue weighted by atomic mass is 9.99. The van der Waals surface area contributed by atoms with Gasteiger partial charge in [-0.25, -0.2) is 9.78 Å². The number of hydrogen-bond acceptors (Lipinski definition) is 6. The number of rotatable bonds is 3. The molecule has 0 unspecified atom stereocenters. The van der Waals surface area contributed by atoms with Crippen LogP contribution < -0.4 is 16.4 Å². The maximum atomic E-state index is 11.4. The Hall–Kier alpha value is -1.86. The molecule has 0 saturated carbocycles. The fourth-order valence-electron chi connectivity index (χ4n) is 3.04. The van der Waals surface area contributed by atoms with E-state index in [4.69, 9.17) is 16.5 Å². The van der Waals surface area contributed by atoms with E-state index in [0.717, 1.165) is 54.0 Å². The zero-order chi connectivity index (χ0) is 16.7. The monoisotopic (exact) mass is 334 g/mol. The van der Waals surface area contributed by atoms with Gasteiger partial charge in [-0.15, -0.1) is 11.3 Å². The van der Waals surface area contributed by atoms with Gasteiger partial charge in [0.15, 0.2) is 0 Å². The van der Waals surface area contributed by atoms with Crippen molar-refractivity contribution in [2.45, 2.75) is 38.6 Å². The Morgan fingerprint density at radius 3 is 2.65 bits per heavy atom. The van der Waals surface area contributed by atoms with Gasteiger partial charge in [0.2, 0.25) is 0 Å². The molecule has 3 heterocycles. The standard InChI is InChI=1S/C16H22N4O2S/c1-8(2)10-7-11(20-5-3-9(17)4-6-20)19-15-12(10)13(18)14(23-15)16(21)22/h7-9H,3-6,17-18H2,1-2H3,(H,21,22). The quantitative estimate of drug-likeness (QED) is 0.797. The number of hydrogen-bond donors (Lipinski definition) is 3. The number of carboxylic acids is 1. The molecule has 0 bridgehead atoms. The first-order valence-corrected chi connectivity index (χ1v) is 8.66. The van der Waals surface area contributed by atoms with Gasteiger partial charge in [0.1, 0.15) is 15.5 Å². The molecule has 2 aromatic rings. The van der Waals surface area contributed by atoms with Crippen molar-refractivity contribution in [3.8, 4) is 0 Å². The Balaban J connectivity index is 2.13. The third-order valence-corrected chi connectivity index (χ3v) is 5.48. The van der Waals surface area contributed by atoms with Crippen molar-refractivity contribution in [2.75, 3.05) is 23.7 Å². The fraction of sp³-hybridized carbons (Fsp3) is 0.500. The Bertz CT molecular complexity index is 748. The summed E-state index contributed by atoms with van der Waals surface area (Å²) < 4.78 is 0. The van der Waals surface area contributed by atoms with Gasteiger partial charge >= 0.3 is 5.97 Å². The number of fused-ring (bicyclic) bond motifs is 1. The van der Waals surface area contributed by atoms with Crippen LogP contribution in [0.2, 0.25) is 0 Å². The van der Waals surface area contributed by atoms with E-state index in [9.17, 15) is 9.90 Å². The number of anilines is 2. The maximum Gasteiger partial charge on any atom is 0.348 e. The summed E-state index contributed by atoms with van der Waals surface area (Å²) in [7, 11) is 0. The van der Waals surface area contributed by atoms with Crippen LogP contribution >= 0.6 is 11.3 Å². The van der Waals surface area contributed by atoms with E-state index in [1.54, 1.807) is 0 Å². The lowest BCUT2D eigenvalue weighted by Crippen LogP contribution is -2.40. The summed E-state index contributed by atoms with van der Waals surface area (Å²) >= 11 is 1.16. The van der Waals surface area contributed by atoms with Crippen molar-refractivity contribution in [3.05, 3.63) is 16.5 Å². The van der Waals surface area contributed by atoms with Crippen molar-refractivity contribution in [1.82, 2.24) is 4.98 Å². The normalized spacial score (nSPS) is 16.4. The van der Waals surface area contributed by atoms with Crippen molar-refractivity contribution in [3.63, 3.8) is 0 Å². The molecule has 23 heavy (non-hydrogen) atoms. The van der Waals surface area contributed by atoms with Crippen LogP contribution in [0.25, 0.3) is 10.2 Å². The number of aromatic carboxylic acids is 1. The Morgan fingerprint density at radius 1 is 1.43 bits per heavy atom. The molecule has 6 nitrogen and oxygen atoms in total. The largest absolute Gasteiger partial charge is 0.477 e. The molecule has 5 N–H and O–H groups in total. The van der Waals surface area contributed by atoms with Crippen molar-refractivity contribution in [1.29, 1.82) is 0 Å². The Kier molecular flexibility index (Phi) is 4.16. The predicted molar refractivity (Wildman–Crippen MR) is 94.5 cm³/mol. The molecule has 0 amide bonds. The molecular formula is C16H22N4O2S. The third-order valence-electron chi connectivity index (χ3n) is 4.40. The zero-order valence-corrected chi connectivity index (χ0v) is 14.2. The van der Waals surface area contributed by atoms with E-state index in [0.29, 0.717) is 10.5 Å². The summed E-state index contributed by atoms with van der Waals surface area (Å²) in [4.78, 5) is 19.2. The summed E-state index contributed by atoms with van der Waals surface area (Å²) in [5.74, 6) is 0.141. The highest BCUT2D eigenvalue weighted by atomic mass is 32.1. The van der Waals surface area contributed by atoms with Crippen molar-refractivity contribution < 1.29 is 9.90 Å². The number of thiophene rings is 1. The van der Waals surface area contributed by atoms with E-state index < -0.39 is 5.97 Å². The van der Waals surface area contributed by atoms with Gasteiger partial charge in [0.25, 0.3) is 0 Å². The van der Waals surface area contributed by atoms with Gasteiger partial charge in [-0.2, -0.15) is 0 Å². The highest BCUT2D eigenvalue weighted by Gasteiger charge is 2.24. The minimum absolute atomic E-state index is 0.173. The molecule has 1 fully saturated rings. The predicted octanol–water partition coefficient (Wildman–Crippen LogP) is 2.63. The highest BCUT2D eigenvalue weighted by molar-refractivity contribution is 7.21. The maximum absolute atomic E-state index is 11.4. The van der Waals surface area contributed by atoms with E-state index in [1.807, 2.05) is 0 Å². The lowest BCUT2D eigenvalue weighted by molar-refractivity contribution is 0.0703. The molecule has 3 rings (SSSR count). The number of pyridine rings is 1. The highest BCUT2D eigenvalue weighted by Crippen LogP contribution is 2.39. The number of piperidine rings is 1. The van der Waals surface area contributed by atoms with Gasteiger partial charge in [0.05, 0.1) is 5.69 Å². The average Bonchev–Trinajstić information content (AvgIpc) is 2.84. The fourth-order valence-corrected chi connectivity index (χ4v) is 4.00. The second-order valence-corrected chi connectivity index (χ2v) is 7.38. The second kappa shape index (κ2) is 5.98. The van der Waals surface area contributed by atoms with Crippen LogP contribution in [0.1, 0.15) is 47.8 Å². The SMILES string of the molecule is CC(C)c1cc(N2CCC(N)CC2)nc2sc(C(=O)O)c(N)c12. The molecule has 1 aliphatic rings. The molecule has 1 saturated heterocycles. The molecule has 124 valence electrons.